The van der Waals surface area contributed by atoms with E-state index in [2.05, 4.69) is 30.9 Å². The molecule has 0 N–H and O–H groups in total. The maximum Gasteiger partial charge on any atom is 0.254 e. The van der Waals surface area contributed by atoms with Gasteiger partial charge in [-0.15, -0.1) is 0 Å². The van der Waals surface area contributed by atoms with Crippen LogP contribution in [0.15, 0.2) is 42.5 Å². The highest BCUT2D eigenvalue weighted by atomic mass is 16.5. The first-order valence-electron chi connectivity index (χ1n) is 9.76. The standard InChI is InChI=1S/C23H29NO2/c1-4-6-7-10-19(5-2)24-16-18-14-13-17(15-21(18)23(24)25)20-11-8-9-12-22(20)26-3/h8-9,11-15,19H,4-7,10,16H2,1-3H3. The van der Waals surface area contributed by atoms with Crippen molar-refractivity contribution >= 4 is 5.91 Å². The van der Waals surface area contributed by atoms with Crippen molar-refractivity contribution < 1.29 is 9.53 Å². The maximum absolute atomic E-state index is 13.1. The normalized spacial score (nSPS) is 14.4. The summed E-state index contributed by atoms with van der Waals surface area (Å²) in [7, 11) is 1.68. The molecule has 0 saturated carbocycles. The second-order valence-electron chi connectivity index (χ2n) is 7.06. The van der Waals surface area contributed by atoms with Crippen molar-refractivity contribution in [2.75, 3.05) is 7.11 Å². The number of unbranched alkanes of at least 4 members (excludes halogenated alkanes) is 2. The second kappa shape index (κ2) is 8.39. The number of methoxy groups -OCH3 is 1. The van der Waals surface area contributed by atoms with E-state index in [-0.39, 0.29) is 5.91 Å². The highest BCUT2D eigenvalue weighted by molar-refractivity contribution is 6.00. The molecule has 3 rings (SSSR count). The quantitative estimate of drug-likeness (QED) is 0.573. The van der Waals surface area contributed by atoms with Crippen molar-refractivity contribution in [1.29, 1.82) is 0 Å². The summed E-state index contributed by atoms with van der Waals surface area (Å²) < 4.78 is 5.48. The third-order valence-electron chi connectivity index (χ3n) is 5.41. The first kappa shape index (κ1) is 18.5. The monoisotopic (exact) mass is 351 g/mol. The summed E-state index contributed by atoms with van der Waals surface area (Å²) in [6.07, 6.45) is 5.77. The Morgan fingerprint density at radius 2 is 1.88 bits per heavy atom. The predicted octanol–water partition coefficient (Wildman–Crippen LogP) is 5.68. The molecule has 0 fully saturated rings. The van der Waals surface area contributed by atoms with Crippen LogP contribution < -0.4 is 4.74 Å². The van der Waals surface area contributed by atoms with Crippen LogP contribution in [0.2, 0.25) is 0 Å². The van der Waals surface area contributed by atoms with Crippen LogP contribution in [0.5, 0.6) is 5.75 Å². The first-order valence-corrected chi connectivity index (χ1v) is 9.76. The molecule has 1 aliphatic heterocycles. The van der Waals surface area contributed by atoms with Crippen molar-refractivity contribution in [1.82, 2.24) is 4.90 Å². The summed E-state index contributed by atoms with van der Waals surface area (Å²) >= 11 is 0. The summed E-state index contributed by atoms with van der Waals surface area (Å²) in [6, 6.07) is 14.5. The van der Waals surface area contributed by atoms with Crippen molar-refractivity contribution in [2.45, 2.75) is 58.5 Å². The molecule has 26 heavy (non-hydrogen) atoms. The number of ether oxygens (including phenoxy) is 1. The van der Waals surface area contributed by atoms with Crippen molar-refractivity contribution in [3.63, 3.8) is 0 Å². The lowest BCUT2D eigenvalue weighted by molar-refractivity contribution is 0.0685. The van der Waals surface area contributed by atoms with Gasteiger partial charge in [0, 0.05) is 23.7 Å². The average Bonchev–Trinajstić information content (AvgIpc) is 3.01. The molecule has 1 heterocycles. The zero-order valence-corrected chi connectivity index (χ0v) is 16.1. The summed E-state index contributed by atoms with van der Waals surface area (Å²) in [6.45, 7) is 5.15. The topological polar surface area (TPSA) is 29.5 Å². The molecule has 0 aromatic heterocycles. The van der Waals surface area contributed by atoms with Gasteiger partial charge >= 0.3 is 0 Å². The van der Waals surface area contributed by atoms with Crippen LogP contribution in [0.4, 0.5) is 0 Å². The third-order valence-corrected chi connectivity index (χ3v) is 5.41. The van der Waals surface area contributed by atoms with Crippen LogP contribution >= 0.6 is 0 Å². The van der Waals surface area contributed by atoms with Gasteiger partial charge in [0.05, 0.1) is 7.11 Å². The molecular formula is C23H29NO2. The largest absolute Gasteiger partial charge is 0.496 e. The van der Waals surface area contributed by atoms with Gasteiger partial charge in [-0.2, -0.15) is 0 Å². The van der Waals surface area contributed by atoms with E-state index in [0.717, 1.165) is 47.4 Å². The predicted molar refractivity (Wildman–Crippen MR) is 107 cm³/mol. The SMILES string of the molecule is CCCCCC(CC)N1Cc2ccc(-c3ccccc3OC)cc2C1=O. The molecule has 2 aromatic carbocycles. The molecule has 1 amide bonds. The Morgan fingerprint density at radius 3 is 2.62 bits per heavy atom. The van der Waals surface area contributed by atoms with Crippen LogP contribution in [-0.4, -0.2) is 24.0 Å². The van der Waals surface area contributed by atoms with Gasteiger partial charge in [0.2, 0.25) is 0 Å². The van der Waals surface area contributed by atoms with Gasteiger partial charge in [0.15, 0.2) is 0 Å². The number of fused-ring (bicyclic) bond motifs is 1. The smallest absolute Gasteiger partial charge is 0.254 e. The minimum absolute atomic E-state index is 0.181. The Kier molecular flexibility index (Phi) is 5.97. The fourth-order valence-electron chi connectivity index (χ4n) is 3.88. The van der Waals surface area contributed by atoms with Gasteiger partial charge in [0.25, 0.3) is 5.91 Å². The molecule has 1 atom stereocenters. The first-order chi connectivity index (χ1) is 12.7. The van der Waals surface area contributed by atoms with Crippen LogP contribution in [0, 0.1) is 0 Å². The molecule has 0 radical (unpaired) electrons. The fraction of sp³-hybridized carbons (Fsp3) is 0.435. The maximum atomic E-state index is 13.1. The van der Waals surface area contributed by atoms with E-state index in [1.165, 1.54) is 19.3 Å². The van der Waals surface area contributed by atoms with Crippen molar-refractivity contribution in [2.24, 2.45) is 0 Å². The molecule has 0 bridgehead atoms. The summed E-state index contributed by atoms with van der Waals surface area (Å²) in [5, 5.41) is 0. The van der Waals surface area contributed by atoms with Gasteiger partial charge in [-0.05, 0) is 36.1 Å². The van der Waals surface area contributed by atoms with E-state index in [0.29, 0.717) is 6.04 Å². The number of hydrogen-bond donors (Lipinski definition) is 0. The number of hydrogen-bond acceptors (Lipinski definition) is 2. The van der Waals surface area contributed by atoms with Crippen LogP contribution in [0.1, 0.15) is 61.9 Å². The zero-order chi connectivity index (χ0) is 18.5. The molecule has 3 nitrogen and oxygen atoms in total. The van der Waals surface area contributed by atoms with Gasteiger partial charge in [-0.1, -0.05) is 63.4 Å². The van der Waals surface area contributed by atoms with Crippen LogP contribution in [0.3, 0.4) is 0 Å². The Bertz CT molecular complexity index is 769. The van der Waals surface area contributed by atoms with E-state index in [1.54, 1.807) is 7.11 Å². The van der Waals surface area contributed by atoms with E-state index in [1.807, 2.05) is 30.3 Å². The Balaban J connectivity index is 1.85. The zero-order valence-electron chi connectivity index (χ0n) is 16.1. The van der Waals surface area contributed by atoms with E-state index in [4.69, 9.17) is 4.74 Å². The van der Waals surface area contributed by atoms with Crippen molar-refractivity contribution in [3.05, 3.63) is 53.6 Å². The van der Waals surface area contributed by atoms with E-state index >= 15 is 0 Å². The molecule has 0 saturated heterocycles. The molecular weight excluding hydrogens is 322 g/mol. The third kappa shape index (κ3) is 3.62. The fourth-order valence-corrected chi connectivity index (χ4v) is 3.88. The number of nitrogens with zero attached hydrogens (tertiary/aromatic N) is 1. The molecule has 3 heteroatoms. The summed E-state index contributed by atoms with van der Waals surface area (Å²) in [5.41, 5.74) is 4.06. The molecule has 138 valence electrons. The Labute approximate surface area is 157 Å². The summed E-state index contributed by atoms with van der Waals surface area (Å²) in [4.78, 5) is 15.1. The van der Waals surface area contributed by atoms with Gasteiger partial charge < -0.3 is 9.64 Å². The number of benzene rings is 2. The molecule has 2 aromatic rings. The molecule has 0 aliphatic carbocycles. The van der Waals surface area contributed by atoms with Gasteiger partial charge in [0.1, 0.15) is 5.75 Å². The molecule has 1 unspecified atom stereocenters. The minimum Gasteiger partial charge on any atom is -0.496 e. The number of carbonyl (C=O) groups excluding carboxylic acids is 1. The Morgan fingerprint density at radius 1 is 1.08 bits per heavy atom. The van der Waals surface area contributed by atoms with Crippen LogP contribution in [-0.2, 0) is 6.54 Å². The lowest BCUT2D eigenvalue weighted by Crippen LogP contribution is -2.35. The van der Waals surface area contributed by atoms with Crippen LogP contribution in [0.25, 0.3) is 11.1 Å². The lowest BCUT2D eigenvalue weighted by Gasteiger charge is -2.26. The second-order valence-corrected chi connectivity index (χ2v) is 7.06. The number of carbonyl (C=O) groups is 1. The number of amides is 1. The van der Waals surface area contributed by atoms with Gasteiger partial charge in [-0.25, -0.2) is 0 Å². The molecule has 1 aliphatic rings. The minimum atomic E-state index is 0.181. The average molecular weight is 351 g/mol. The highest BCUT2D eigenvalue weighted by Crippen LogP contribution is 2.34. The summed E-state index contributed by atoms with van der Waals surface area (Å²) in [5.74, 6) is 1.01. The van der Waals surface area contributed by atoms with Crippen molar-refractivity contribution in [3.8, 4) is 16.9 Å². The number of para-hydroxylation sites is 1. The highest BCUT2D eigenvalue weighted by Gasteiger charge is 2.32. The van der Waals surface area contributed by atoms with E-state index < -0.39 is 0 Å². The van der Waals surface area contributed by atoms with E-state index in [9.17, 15) is 4.79 Å². The molecule has 0 spiro atoms. The number of rotatable bonds is 8. The Hall–Kier alpha value is -2.29. The van der Waals surface area contributed by atoms with Gasteiger partial charge in [-0.3, -0.25) is 4.79 Å². The lowest BCUT2D eigenvalue weighted by atomic mass is 9.99.